The van der Waals surface area contributed by atoms with Crippen LogP contribution < -0.4 is 4.90 Å². The van der Waals surface area contributed by atoms with Crippen LogP contribution in [0.2, 0.25) is 0 Å². The van der Waals surface area contributed by atoms with E-state index in [-0.39, 0.29) is 17.4 Å². The maximum atomic E-state index is 12.5. The molecule has 0 spiro atoms. The molecular formula is C21H19N5O2S. The predicted molar refractivity (Wildman–Crippen MR) is 109 cm³/mol. The van der Waals surface area contributed by atoms with Crippen LogP contribution in [0.3, 0.4) is 0 Å². The highest BCUT2D eigenvalue weighted by molar-refractivity contribution is 7.90. The summed E-state index contributed by atoms with van der Waals surface area (Å²) in [6.45, 7) is 1.36. The molecule has 29 heavy (non-hydrogen) atoms. The van der Waals surface area contributed by atoms with Gasteiger partial charge in [0.15, 0.2) is 15.5 Å². The summed E-state index contributed by atoms with van der Waals surface area (Å²) in [5, 5.41) is 19.2. The van der Waals surface area contributed by atoms with Gasteiger partial charge in [-0.2, -0.15) is 10.5 Å². The highest BCUT2D eigenvalue weighted by Crippen LogP contribution is 2.38. The molecule has 7 nitrogen and oxygen atoms in total. The van der Waals surface area contributed by atoms with Gasteiger partial charge in [0.25, 0.3) is 0 Å². The average molecular weight is 405 g/mol. The zero-order valence-corrected chi connectivity index (χ0v) is 16.6. The molecule has 2 aromatic heterocycles. The number of pyridine rings is 1. The molecule has 0 atom stereocenters. The van der Waals surface area contributed by atoms with Crippen molar-refractivity contribution >= 4 is 32.3 Å². The zero-order chi connectivity index (χ0) is 20.2. The fraction of sp³-hybridized carbons (Fsp3) is 0.381. The molecule has 0 radical (unpaired) electrons. The lowest BCUT2D eigenvalue weighted by atomic mass is 9.96. The number of rotatable bonds is 1. The second-order valence-electron chi connectivity index (χ2n) is 7.76. The van der Waals surface area contributed by atoms with E-state index in [4.69, 9.17) is 4.98 Å². The Kier molecular flexibility index (Phi) is 4.01. The van der Waals surface area contributed by atoms with Gasteiger partial charge in [-0.05, 0) is 37.0 Å². The Balaban J connectivity index is 1.86. The van der Waals surface area contributed by atoms with Crippen molar-refractivity contribution in [1.29, 1.82) is 10.5 Å². The number of imidazole rings is 1. The van der Waals surface area contributed by atoms with Crippen molar-refractivity contribution in [1.82, 2.24) is 9.38 Å². The standard InChI is InChI=1S/C21H19N5O2S/c22-11-14-5-8-25(9-6-14)21-17-13-29(27,28)10-7-15(17)16(12-23)20-24-18-3-1-2-4-19(18)26(20)21/h1-4,14H,5-10,13H2. The molecule has 0 aliphatic carbocycles. The summed E-state index contributed by atoms with van der Waals surface area (Å²) in [4.78, 5) is 6.91. The van der Waals surface area contributed by atoms with Crippen LogP contribution in [0.25, 0.3) is 16.7 Å². The molecule has 5 rings (SSSR count). The molecule has 0 amide bonds. The molecular weight excluding hydrogens is 386 g/mol. The lowest BCUT2D eigenvalue weighted by Gasteiger charge is -2.35. The summed E-state index contributed by atoms with van der Waals surface area (Å²) in [5.41, 5.74) is 4.23. The van der Waals surface area contributed by atoms with Crippen LogP contribution in [-0.4, -0.2) is 36.6 Å². The first-order valence-corrected chi connectivity index (χ1v) is 11.5. The first-order chi connectivity index (χ1) is 14.0. The molecule has 0 bridgehead atoms. The molecule has 0 N–H and O–H groups in total. The van der Waals surface area contributed by atoms with Crippen LogP contribution in [0.4, 0.5) is 5.82 Å². The third-order valence-corrected chi connectivity index (χ3v) is 7.60. The summed E-state index contributed by atoms with van der Waals surface area (Å²) < 4.78 is 27.0. The molecule has 4 heterocycles. The second kappa shape index (κ2) is 6.47. The number of fused-ring (bicyclic) bond motifs is 4. The summed E-state index contributed by atoms with van der Waals surface area (Å²) in [6.07, 6.45) is 1.82. The average Bonchev–Trinajstić information content (AvgIpc) is 3.10. The van der Waals surface area contributed by atoms with Gasteiger partial charge >= 0.3 is 0 Å². The Hall–Kier alpha value is -3.10. The third kappa shape index (κ3) is 2.75. The quantitative estimate of drug-likeness (QED) is 0.617. The number of benzene rings is 1. The number of hydrogen-bond acceptors (Lipinski definition) is 6. The van der Waals surface area contributed by atoms with Gasteiger partial charge in [0.1, 0.15) is 11.9 Å². The van der Waals surface area contributed by atoms with E-state index < -0.39 is 9.84 Å². The van der Waals surface area contributed by atoms with E-state index in [2.05, 4.69) is 17.0 Å². The topological polar surface area (TPSA) is 102 Å². The second-order valence-corrected chi connectivity index (χ2v) is 9.94. The minimum atomic E-state index is -3.22. The van der Waals surface area contributed by atoms with Gasteiger partial charge in [0.2, 0.25) is 0 Å². The van der Waals surface area contributed by atoms with Crippen molar-refractivity contribution < 1.29 is 8.42 Å². The van der Waals surface area contributed by atoms with Gasteiger partial charge in [0, 0.05) is 24.6 Å². The lowest BCUT2D eigenvalue weighted by molar-refractivity contribution is 0.483. The van der Waals surface area contributed by atoms with Gasteiger partial charge in [0.05, 0.1) is 34.2 Å². The van der Waals surface area contributed by atoms with Crippen molar-refractivity contribution in [2.45, 2.75) is 25.0 Å². The normalized spacial score (nSPS) is 19.0. The highest BCUT2D eigenvalue weighted by Gasteiger charge is 2.33. The van der Waals surface area contributed by atoms with Gasteiger partial charge in [-0.25, -0.2) is 13.4 Å². The molecule has 2 aliphatic rings. The Bertz CT molecular complexity index is 1340. The van der Waals surface area contributed by atoms with Crippen LogP contribution in [0.5, 0.6) is 0 Å². The minimum Gasteiger partial charge on any atom is -0.357 e. The van der Waals surface area contributed by atoms with Gasteiger partial charge in [-0.15, -0.1) is 0 Å². The van der Waals surface area contributed by atoms with Crippen molar-refractivity contribution in [3.8, 4) is 12.1 Å². The molecule has 0 unspecified atom stereocenters. The number of hydrogen-bond donors (Lipinski definition) is 0. The molecule has 1 saturated heterocycles. The van der Waals surface area contributed by atoms with E-state index in [0.717, 1.165) is 40.8 Å². The third-order valence-electron chi connectivity index (χ3n) is 6.05. The van der Waals surface area contributed by atoms with E-state index in [0.29, 0.717) is 30.7 Å². The van der Waals surface area contributed by atoms with Gasteiger partial charge in [-0.3, -0.25) is 4.40 Å². The molecule has 2 aliphatic heterocycles. The van der Waals surface area contributed by atoms with Crippen molar-refractivity contribution in [2.24, 2.45) is 5.92 Å². The van der Waals surface area contributed by atoms with E-state index in [1.54, 1.807) is 0 Å². The minimum absolute atomic E-state index is 0.0270. The number of nitriles is 2. The summed E-state index contributed by atoms with van der Waals surface area (Å²) >= 11 is 0. The first-order valence-electron chi connectivity index (χ1n) is 9.72. The Morgan fingerprint density at radius 3 is 2.59 bits per heavy atom. The fourth-order valence-electron chi connectivity index (χ4n) is 4.61. The smallest absolute Gasteiger partial charge is 0.157 e. The first kappa shape index (κ1) is 18.0. The lowest BCUT2D eigenvalue weighted by Crippen LogP contribution is -2.36. The van der Waals surface area contributed by atoms with E-state index in [1.165, 1.54) is 0 Å². The number of piperidine rings is 1. The van der Waals surface area contributed by atoms with Crippen LogP contribution in [0, 0.1) is 28.6 Å². The van der Waals surface area contributed by atoms with E-state index in [9.17, 15) is 18.9 Å². The monoisotopic (exact) mass is 405 g/mol. The van der Waals surface area contributed by atoms with Gasteiger partial charge in [-0.1, -0.05) is 12.1 Å². The largest absolute Gasteiger partial charge is 0.357 e. The van der Waals surface area contributed by atoms with Crippen molar-refractivity contribution in [2.75, 3.05) is 23.7 Å². The Morgan fingerprint density at radius 2 is 1.86 bits per heavy atom. The molecule has 146 valence electrons. The van der Waals surface area contributed by atoms with Crippen LogP contribution in [0.15, 0.2) is 24.3 Å². The highest BCUT2D eigenvalue weighted by atomic mass is 32.2. The molecule has 3 aromatic rings. The zero-order valence-electron chi connectivity index (χ0n) is 15.8. The molecule has 1 fully saturated rings. The number of nitrogens with zero attached hydrogens (tertiary/aromatic N) is 5. The Morgan fingerprint density at radius 1 is 1.10 bits per heavy atom. The maximum absolute atomic E-state index is 12.5. The van der Waals surface area contributed by atoms with Gasteiger partial charge < -0.3 is 4.90 Å². The molecule has 1 aromatic carbocycles. The molecule has 8 heteroatoms. The van der Waals surface area contributed by atoms with E-state index >= 15 is 0 Å². The van der Waals surface area contributed by atoms with Crippen LogP contribution >= 0.6 is 0 Å². The number of para-hydroxylation sites is 2. The summed E-state index contributed by atoms with van der Waals surface area (Å²) in [6, 6.07) is 12.3. The predicted octanol–water partition coefficient (Wildman–Crippen LogP) is 2.57. The van der Waals surface area contributed by atoms with E-state index in [1.807, 2.05) is 28.7 Å². The summed E-state index contributed by atoms with van der Waals surface area (Å²) in [7, 11) is -3.22. The van der Waals surface area contributed by atoms with Crippen molar-refractivity contribution in [3.05, 3.63) is 41.0 Å². The SMILES string of the molecule is N#Cc1c2c(c(N3CCC(C#N)CC3)n3c1nc1ccccc13)CS(=O)(=O)CC2. The van der Waals surface area contributed by atoms with Crippen molar-refractivity contribution in [3.63, 3.8) is 0 Å². The number of anilines is 1. The fourth-order valence-corrected chi connectivity index (χ4v) is 6.01. The van der Waals surface area contributed by atoms with Crippen LogP contribution in [-0.2, 0) is 22.0 Å². The number of sulfone groups is 1. The number of aromatic nitrogens is 2. The Labute approximate surface area is 168 Å². The van der Waals surface area contributed by atoms with Crippen LogP contribution in [0.1, 0.15) is 29.5 Å². The maximum Gasteiger partial charge on any atom is 0.157 e. The summed E-state index contributed by atoms with van der Waals surface area (Å²) in [5.74, 6) is 0.843. The molecule has 0 saturated carbocycles.